The van der Waals surface area contributed by atoms with Gasteiger partial charge in [-0.05, 0) is 46.2 Å². The Hall–Kier alpha value is -1.21. The number of rotatable bonds is 8. The predicted molar refractivity (Wildman–Crippen MR) is 97.4 cm³/mol. The molecule has 0 aliphatic rings. The van der Waals surface area contributed by atoms with Crippen molar-refractivity contribution in [1.82, 2.24) is 10.2 Å². The molecule has 1 aromatic carbocycles. The van der Waals surface area contributed by atoms with Crippen LogP contribution in [-0.4, -0.2) is 31.5 Å². The topological polar surface area (TPSA) is 41.6 Å². The molecule has 2 rings (SSSR count). The normalized spacial score (nSPS) is 11.0. The van der Waals surface area contributed by atoms with Crippen molar-refractivity contribution in [3.05, 3.63) is 56.2 Å². The minimum Gasteiger partial charge on any atom is -0.380 e. The fourth-order valence-corrected chi connectivity index (χ4v) is 3.74. The number of hydrogen-bond acceptors (Lipinski definition) is 4. The number of ether oxygens (including phenoxy) is 1. The minimum absolute atomic E-state index is 0.0316. The van der Waals surface area contributed by atoms with E-state index in [0.29, 0.717) is 19.7 Å². The van der Waals surface area contributed by atoms with Crippen molar-refractivity contribution >= 4 is 33.2 Å². The second kappa shape index (κ2) is 9.17. The number of carbonyl (C=O) groups excluding carboxylic acids is 1. The first-order valence-electron chi connectivity index (χ1n) is 7.33. The van der Waals surface area contributed by atoms with E-state index in [1.54, 1.807) is 18.4 Å². The average molecular weight is 397 g/mol. The third-order valence-corrected chi connectivity index (χ3v) is 4.90. The van der Waals surface area contributed by atoms with E-state index < -0.39 is 0 Å². The molecule has 1 N–H and O–H groups in total. The van der Waals surface area contributed by atoms with Gasteiger partial charge in [-0.1, -0.05) is 24.3 Å². The van der Waals surface area contributed by atoms with E-state index in [0.717, 1.165) is 21.5 Å². The Labute approximate surface area is 149 Å². The summed E-state index contributed by atoms with van der Waals surface area (Å²) >= 11 is 5.14. The van der Waals surface area contributed by atoms with E-state index in [1.807, 2.05) is 42.3 Å². The number of nitrogens with one attached hydrogen (secondary N) is 1. The number of nitrogens with zero attached hydrogens (tertiary/aromatic N) is 1. The lowest BCUT2D eigenvalue weighted by Gasteiger charge is -2.15. The summed E-state index contributed by atoms with van der Waals surface area (Å²) in [4.78, 5) is 15.3. The van der Waals surface area contributed by atoms with E-state index in [9.17, 15) is 4.79 Å². The van der Waals surface area contributed by atoms with Crippen molar-refractivity contribution in [2.75, 3.05) is 20.7 Å². The van der Waals surface area contributed by atoms with Gasteiger partial charge in [0, 0.05) is 25.1 Å². The van der Waals surface area contributed by atoms with Gasteiger partial charge in [0.05, 0.1) is 16.9 Å². The molecule has 1 aromatic heterocycles. The number of amides is 1. The van der Waals surface area contributed by atoms with Gasteiger partial charge in [0.2, 0.25) is 5.91 Å². The molecule has 23 heavy (non-hydrogen) atoms. The van der Waals surface area contributed by atoms with Gasteiger partial charge in [0.25, 0.3) is 0 Å². The molecule has 0 saturated carbocycles. The Morgan fingerprint density at radius 2 is 1.91 bits per heavy atom. The summed E-state index contributed by atoms with van der Waals surface area (Å²) in [6, 6.07) is 12.2. The molecule has 0 fully saturated rings. The van der Waals surface area contributed by atoms with Gasteiger partial charge in [0.1, 0.15) is 0 Å². The molecule has 6 heteroatoms. The molecule has 0 atom stereocenters. The van der Waals surface area contributed by atoms with Crippen LogP contribution in [-0.2, 0) is 29.2 Å². The fourth-order valence-electron chi connectivity index (χ4n) is 2.18. The molecule has 0 saturated heterocycles. The van der Waals surface area contributed by atoms with Gasteiger partial charge < -0.3 is 10.1 Å². The second-order valence-corrected chi connectivity index (χ2v) is 7.95. The van der Waals surface area contributed by atoms with Crippen LogP contribution in [0.1, 0.15) is 16.0 Å². The Morgan fingerprint density at radius 1 is 1.22 bits per heavy atom. The van der Waals surface area contributed by atoms with Crippen LogP contribution in [0.5, 0.6) is 0 Å². The number of thiophene rings is 1. The van der Waals surface area contributed by atoms with E-state index in [2.05, 4.69) is 27.3 Å². The van der Waals surface area contributed by atoms with Crippen LogP contribution >= 0.6 is 27.3 Å². The standard InChI is InChI=1S/C17H21BrN2O2S/c1-20(10-15-7-8-16(18)23-15)11-17(21)19-9-13-3-5-14(6-4-13)12-22-2/h3-8H,9-12H2,1-2H3,(H,19,21). The van der Waals surface area contributed by atoms with E-state index in [1.165, 1.54) is 4.88 Å². The highest BCUT2D eigenvalue weighted by Gasteiger charge is 2.08. The maximum absolute atomic E-state index is 12.0. The van der Waals surface area contributed by atoms with Crippen molar-refractivity contribution < 1.29 is 9.53 Å². The molecule has 0 aliphatic heterocycles. The molecular weight excluding hydrogens is 376 g/mol. The van der Waals surface area contributed by atoms with Crippen LogP contribution in [0.25, 0.3) is 0 Å². The minimum atomic E-state index is 0.0316. The first-order chi connectivity index (χ1) is 11.1. The molecule has 4 nitrogen and oxygen atoms in total. The van der Waals surface area contributed by atoms with Crippen molar-refractivity contribution in [2.24, 2.45) is 0 Å². The molecule has 0 radical (unpaired) electrons. The maximum atomic E-state index is 12.0. The number of methoxy groups -OCH3 is 1. The van der Waals surface area contributed by atoms with Gasteiger partial charge in [-0.2, -0.15) is 0 Å². The quantitative estimate of drug-likeness (QED) is 0.743. The largest absolute Gasteiger partial charge is 0.380 e. The highest BCUT2D eigenvalue weighted by molar-refractivity contribution is 9.11. The summed E-state index contributed by atoms with van der Waals surface area (Å²) in [6.45, 7) is 2.31. The lowest BCUT2D eigenvalue weighted by Crippen LogP contribution is -2.34. The molecule has 1 amide bonds. The Balaban J connectivity index is 1.73. The summed E-state index contributed by atoms with van der Waals surface area (Å²) in [6.07, 6.45) is 0. The van der Waals surface area contributed by atoms with Gasteiger partial charge >= 0.3 is 0 Å². The van der Waals surface area contributed by atoms with Crippen LogP contribution in [0.2, 0.25) is 0 Å². The summed E-state index contributed by atoms with van der Waals surface area (Å²) in [5.41, 5.74) is 2.22. The van der Waals surface area contributed by atoms with Crippen LogP contribution in [0.15, 0.2) is 40.2 Å². The van der Waals surface area contributed by atoms with Crippen LogP contribution < -0.4 is 5.32 Å². The molecule has 0 spiro atoms. The maximum Gasteiger partial charge on any atom is 0.234 e. The zero-order valence-corrected chi connectivity index (χ0v) is 15.7. The fraction of sp³-hybridized carbons (Fsp3) is 0.353. The summed E-state index contributed by atoms with van der Waals surface area (Å²) in [7, 11) is 3.63. The zero-order chi connectivity index (χ0) is 16.7. The van der Waals surface area contributed by atoms with Crippen LogP contribution in [0, 0.1) is 0 Å². The van der Waals surface area contributed by atoms with Gasteiger partial charge in [0.15, 0.2) is 0 Å². The summed E-state index contributed by atoms with van der Waals surface area (Å²) in [5, 5.41) is 2.95. The van der Waals surface area contributed by atoms with Crippen molar-refractivity contribution in [2.45, 2.75) is 19.7 Å². The molecule has 124 valence electrons. The first-order valence-corrected chi connectivity index (χ1v) is 8.94. The van der Waals surface area contributed by atoms with E-state index in [-0.39, 0.29) is 5.91 Å². The monoisotopic (exact) mass is 396 g/mol. The average Bonchev–Trinajstić information content (AvgIpc) is 2.91. The molecule has 0 unspecified atom stereocenters. The smallest absolute Gasteiger partial charge is 0.234 e. The molecule has 2 aromatic rings. The predicted octanol–water partition coefficient (Wildman–Crippen LogP) is 3.41. The second-order valence-electron chi connectivity index (χ2n) is 5.40. The van der Waals surface area contributed by atoms with Gasteiger partial charge in [-0.3, -0.25) is 9.69 Å². The molecule has 0 aliphatic carbocycles. The Morgan fingerprint density at radius 3 is 2.52 bits per heavy atom. The van der Waals surface area contributed by atoms with E-state index in [4.69, 9.17) is 4.74 Å². The van der Waals surface area contributed by atoms with Crippen molar-refractivity contribution in [1.29, 1.82) is 0 Å². The SMILES string of the molecule is COCc1ccc(CNC(=O)CN(C)Cc2ccc(Br)s2)cc1. The number of likely N-dealkylation sites (N-methyl/N-ethyl adjacent to an activating group) is 1. The lowest BCUT2D eigenvalue weighted by molar-refractivity contribution is -0.122. The third kappa shape index (κ3) is 6.43. The molecule has 1 heterocycles. The molecule has 0 bridgehead atoms. The summed E-state index contributed by atoms with van der Waals surface area (Å²) in [5.74, 6) is 0.0316. The number of halogens is 1. The van der Waals surface area contributed by atoms with Crippen molar-refractivity contribution in [3.8, 4) is 0 Å². The van der Waals surface area contributed by atoms with Gasteiger partial charge in [-0.25, -0.2) is 0 Å². The Kier molecular flexibility index (Phi) is 7.23. The van der Waals surface area contributed by atoms with Gasteiger partial charge in [-0.15, -0.1) is 11.3 Å². The van der Waals surface area contributed by atoms with E-state index >= 15 is 0 Å². The number of carbonyl (C=O) groups is 1. The number of benzene rings is 1. The van der Waals surface area contributed by atoms with Crippen molar-refractivity contribution in [3.63, 3.8) is 0 Å². The van der Waals surface area contributed by atoms with Crippen LogP contribution in [0.3, 0.4) is 0 Å². The first kappa shape index (κ1) is 18.1. The highest BCUT2D eigenvalue weighted by atomic mass is 79.9. The summed E-state index contributed by atoms with van der Waals surface area (Å²) < 4.78 is 6.20. The molecular formula is C17H21BrN2O2S. The number of hydrogen-bond donors (Lipinski definition) is 1. The Bertz CT molecular complexity index is 628. The zero-order valence-electron chi connectivity index (χ0n) is 13.3. The van der Waals surface area contributed by atoms with Crippen LogP contribution in [0.4, 0.5) is 0 Å². The highest BCUT2D eigenvalue weighted by Crippen LogP contribution is 2.22. The lowest BCUT2D eigenvalue weighted by atomic mass is 10.1. The third-order valence-electron chi connectivity index (χ3n) is 3.29.